The van der Waals surface area contributed by atoms with E-state index in [1.54, 1.807) is 6.33 Å². The zero-order valence-electron chi connectivity index (χ0n) is 12.9. The van der Waals surface area contributed by atoms with Crippen LogP contribution in [-0.2, 0) is 20.0 Å². The number of aromatic nitrogens is 5. The summed E-state index contributed by atoms with van der Waals surface area (Å²) in [7, 11) is 4.01. The van der Waals surface area contributed by atoms with E-state index < -0.39 is 0 Å². The molecule has 112 valence electrons. The first-order valence-corrected chi connectivity index (χ1v) is 7.05. The third-order valence-corrected chi connectivity index (χ3v) is 3.73. The summed E-state index contributed by atoms with van der Waals surface area (Å²) in [4.78, 5) is 11.0. The number of fused-ring (bicyclic) bond motifs is 1. The van der Waals surface area contributed by atoms with Crippen molar-refractivity contribution >= 4 is 0 Å². The summed E-state index contributed by atoms with van der Waals surface area (Å²) in [5, 5.41) is 8.00. The molecule has 0 fully saturated rings. The van der Waals surface area contributed by atoms with Gasteiger partial charge in [0.1, 0.15) is 24.1 Å². The van der Waals surface area contributed by atoms with Gasteiger partial charge in [-0.05, 0) is 20.9 Å². The predicted octanol–water partition coefficient (Wildman–Crippen LogP) is 0.657. The summed E-state index contributed by atoms with van der Waals surface area (Å²) in [5.74, 6) is 2.45. The molecule has 7 heteroatoms. The van der Waals surface area contributed by atoms with E-state index in [0.717, 1.165) is 48.3 Å². The largest absolute Gasteiger partial charge is 0.472 e. The van der Waals surface area contributed by atoms with Gasteiger partial charge >= 0.3 is 0 Å². The second-order valence-electron chi connectivity index (χ2n) is 5.64. The summed E-state index contributed by atoms with van der Waals surface area (Å²) < 4.78 is 7.88. The molecule has 0 saturated carbocycles. The van der Waals surface area contributed by atoms with Crippen LogP contribution in [0.4, 0.5) is 0 Å². The summed E-state index contributed by atoms with van der Waals surface area (Å²) in [6, 6.07) is 0. The molecule has 2 aromatic rings. The predicted molar refractivity (Wildman–Crippen MR) is 77.0 cm³/mol. The van der Waals surface area contributed by atoms with E-state index in [4.69, 9.17) is 4.74 Å². The lowest BCUT2D eigenvalue weighted by Crippen LogP contribution is -2.32. The molecule has 0 N–H and O–H groups in total. The minimum absolute atomic E-state index is 0.119. The first kappa shape index (κ1) is 13.9. The van der Waals surface area contributed by atoms with Crippen molar-refractivity contribution in [3.8, 4) is 5.88 Å². The normalized spacial score (nSPS) is 17.1. The molecule has 0 amide bonds. The van der Waals surface area contributed by atoms with Crippen molar-refractivity contribution < 1.29 is 4.74 Å². The van der Waals surface area contributed by atoms with E-state index in [9.17, 15) is 0 Å². The van der Waals surface area contributed by atoms with Crippen LogP contribution in [0.5, 0.6) is 5.88 Å². The molecule has 21 heavy (non-hydrogen) atoms. The van der Waals surface area contributed by atoms with Crippen molar-refractivity contribution in [2.75, 3.05) is 13.6 Å². The zero-order chi connectivity index (χ0) is 15.0. The number of hydrogen-bond donors (Lipinski definition) is 0. The number of rotatable bonds is 4. The Kier molecular flexibility index (Phi) is 3.59. The van der Waals surface area contributed by atoms with Crippen LogP contribution in [0.15, 0.2) is 6.33 Å². The van der Waals surface area contributed by atoms with Gasteiger partial charge in [-0.2, -0.15) is 4.98 Å². The fraction of sp³-hybridized carbons (Fsp3) is 0.571. The van der Waals surface area contributed by atoms with Crippen molar-refractivity contribution in [3.63, 3.8) is 0 Å². The first-order chi connectivity index (χ1) is 10.0. The molecule has 3 rings (SSSR count). The lowest BCUT2D eigenvalue weighted by Gasteiger charge is -2.19. The van der Waals surface area contributed by atoms with Crippen LogP contribution in [0, 0.1) is 13.8 Å². The minimum Gasteiger partial charge on any atom is -0.472 e. The number of ether oxygens (including phenoxy) is 1. The quantitative estimate of drug-likeness (QED) is 0.823. The van der Waals surface area contributed by atoms with Crippen LogP contribution >= 0.6 is 0 Å². The molecular formula is C14H20N6O. The second kappa shape index (κ2) is 5.40. The van der Waals surface area contributed by atoms with E-state index in [2.05, 4.69) is 32.1 Å². The summed E-state index contributed by atoms with van der Waals surface area (Å²) in [6.07, 6.45) is 2.70. The summed E-state index contributed by atoms with van der Waals surface area (Å²) in [6.45, 7) is 5.48. The van der Waals surface area contributed by atoms with Crippen molar-refractivity contribution in [1.82, 2.24) is 29.6 Å². The Morgan fingerprint density at radius 1 is 1.38 bits per heavy atom. The highest BCUT2D eigenvalue weighted by Gasteiger charge is 2.27. The third kappa shape index (κ3) is 2.87. The van der Waals surface area contributed by atoms with Crippen molar-refractivity contribution in [3.05, 3.63) is 29.2 Å². The Hall–Kier alpha value is -2.02. The summed E-state index contributed by atoms with van der Waals surface area (Å²) >= 11 is 0. The van der Waals surface area contributed by atoms with E-state index >= 15 is 0 Å². The van der Waals surface area contributed by atoms with Crippen LogP contribution < -0.4 is 4.74 Å². The minimum atomic E-state index is 0.119. The smallest absolute Gasteiger partial charge is 0.220 e. The SMILES string of the molecule is Cc1nc(C)c2c(n1)OC(CN(C)Cc1nncn1C)C2. The molecule has 0 aliphatic carbocycles. The number of hydrogen-bond acceptors (Lipinski definition) is 6. The third-order valence-electron chi connectivity index (χ3n) is 3.73. The van der Waals surface area contributed by atoms with Gasteiger partial charge in [0.05, 0.1) is 6.54 Å². The number of likely N-dealkylation sites (N-methyl/N-ethyl adjacent to an activating group) is 1. The molecule has 1 unspecified atom stereocenters. The molecule has 7 nitrogen and oxygen atoms in total. The monoisotopic (exact) mass is 288 g/mol. The van der Waals surface area contributed by atoms with Gasteiger partial charge in [-0.15, -0.1) is 10.2 Å². The average Bonchev–Trinajstić information content (AvgIpc) is 2.96. The molecular weight excluding hydrogens is 268 g/mol. The average molecular weight is 288 g/mol. The van der Waals surface area contributed by atoms with Crippen LogP contribution in [0.3, 0.4) is 0 Å². The maximum Gasteiger partial charge on any atom is 0.220 e. The van der Waals surface area contributed by atoms with Gasteiger partial charge < -0.3 is 9.30 Å². The Balaban J connectivity index is 1.63. The van der Waals surface area contributed by atoms with Crippen LogP contribution in [0.25, 0.3) is 0 Å². The van der Waals surface area contributed by atoms with Gasteiger partial charge in [-0.25, -0.2) is 4.98 Å². The fourth-order valence-corrected chi connectivity index (χ4v) is 2.67. The molecule has 1 atom stereocenters. The lowest BCUT2D eigenvalue weighted by molar-refractivity contribution is 0.158. The zero-order valence-corrected chi connectivity index (χ0v) is 12.9. The highest BCUT2D eigenvalue weighted by Crippen LogP contribution is 2.28. The van der Waals surface area contributed by atoms with E-state index in [0.29, 0.717) is 0 Å². The molecule has 0 aromatic carbocycles. The molecule has 0 saturated heterocycles. The molecule has 3 heterocycles. The van der Waals surface area contributed by atoms with Crippen molar-refractivity contribution in [2.24, 2.45) is 7.05 Å². The van der Waals surface area contributed by atoms with Gasteiger partial charge in [0.25, 0.3) is 0 Å². The first-order valence-electron chi connectivity index (χ1n) is 7.05. The lowest BCUT2D eigenvalue weighted by atomic mass is 10.1. The van der Waals surface area contributed by atoms with Gasteiger partial charge in [0.2, 0.25) is 5.88 Å². The Morgan fingerprint density at radius 2 is 2.19 bits per heavy atom. The standard InChI is InChI=1S/C14H20N6O/c1-9-12-5-11(21-14(12)17-10(2)16-9)6-19(3)7-13-18-15-8-20(13)4/h8,11H,5-7H2,1-4H3. The summed E-state index contributed by atoms with van der Waals surface area (Å²) in [5.41, 5.74) is 2.16. The maximum atomic E-state index is 5.95. The Bertz CT molecular complexity index is 653. The van der Waals surface area contributed by atoms with E-state index in [-0.39, 0.29) is 6.10 Å². The number of aryl methyl sites for hydroxylation is 3. The van der Waals surface area contributed by atoms with Crippen molar-refractivity contribution in [2.45, 2.75) is 32.9 Å². The van der Waals surface area contributed by atoms with Gasteiger partial charge in [-0.3, -0.25) is 4.90 Å². The highest BCUT2D eigenvalue weighted by molar-refractivity contribution is 5.34. The van der Waals surface area contributed by atoms with Gasteiger partial charge in [0.15, 0.2) is 0 Å². The topological polar surface area (TPSA) is 69.0 Å². The maximum absolute atomic E-state index is 5.95. The van der Waals surface area contributed by atoms with Crippen LogP contribution in [-0.4, -0.2) is 49.3 Å². The van der Waals surface area contributed by atoms with E-state index in [1.165, 1.54) is 0 Å². The van der Waals surface area contributed by atoms with Crippen LogP contribution in [0.2, 0.25) is 0 Å². The molecule has 0 radical (unpaired) electrons. The Morgan fingerprint density at radius 3 is 2.90 bits per heavy atom. The van der Waals surface area contributed by atoms with Gasteiger partial charge in [-0.1, -0.05) is 0 Å². The van der Waals surface area contributed by atoms with Gasteiger partial charge in [0, 0.05) is 31.3 Å². The molecule has 0 spiro atoms. The second-order valence-corrected chi connectivity index (χ2v) is 5.64. The van der Waals surface area contributed by atoms with Crippen LogP contribution in [0.1, 0.15) is 22.9 Å². The Labute approximate surface area is 124 Å². The van der Waals surface area contributed by atoms with E-state index in [1.807, 2.05) is 25.5 Å². The molecule has 0 bridgehead atoms. The molecule has 1 aliphatic rings. The molecule has 1 aliphatic heterocycles. The highest BCUT2D eigenvalue weighted by atomic mass is 16.5. The fourth-order valence-electron chi connectivity index (χ4n) is 2.67. The molecule has 2 aromatic heterocycles. The number of nitrogens with zero attached hydrogens (tertiary/aromatic N) is 6. The van der Waals surface area contributed by atoms with Crippen molar-refractivity contribution in [1.29, 1.82) is 0 Å².